The second kappa shape index (κ2) is 10.1. The molecule has 0 saturated carbocycles. The highest BCUT2D eigenvalue weighted by atomic mass is 79.9. The highest BCUT2D eigenvalue weighted by Gasteiger charge is 2.12. The summed E-state index contributed by atoms with van der Waals surface area (Å²) in [7, 11) is 1.31. The van der Waals surface area contributed by atoms with E-state index in [1.807, 2.05) is 24.3 Å². The Balaban J connectivity index is 2.19. The van der Waals surface area contributed by atoms with Crippen LogP contribution in [-0.4, -0.2) is 25.5 Å². The van der Waals surface area contributed by atoms with E-state index in [9.17, 15) is 10.1 Å². The molecule has 0 aromatic heterocycles. The molecule has 4 N–H and O–H groups in total. The molecule has 0 amide bonds. The van der Waals surface area contributed by atoms with Crippen LogP contribution >= 0.6 is 31.9 Å². The summed E-state index contributed by atoms with van der Waals surface area (Å²) in [5.41, 5.74) is 14.4. The standard InChI is InChI=1S/C20H18Br2N4O2/c1-28-20(27)13-4-2-12(3-5-13)18(24)16(11-23)19(25)26-9-8-14-10-15(21)6-7-17(14)22/h2-7,10H,8-9,24H2,1H3,(H2,25,26). The van der Waals surface area contributed by atoms with Gasteiger partial charge in [0, 0.05) is 15.5 Å². The summed E-state index contributed by atoms with van der Waals surface area (Å²) < 4.78 is 6.61. The minimum Gasteiger partial charge on any atom is -0.465 e. The number of amidine groups is 1. The first-order chi connectivity index (χ1) is 13.4. The van der Waals surface area contributed by atoms with E-state index < -0.39 is 5.97 Å². The van der Waals surface area contributed by atoms with Crippen molar-refractivity contribution < 1.29 is 9.53 Å². The van der Waals surface area contributed by atoms with Crippen molar-refractivity contribution in [2.75, 3.05) is 13.7 Å². The molecule has 0 spiro atoms. The summed E-state index contributed by atoms with van der Waals surface area (Å²) >= 11 is 6.94. The maximum absolute atomic E-state index is 11.5. The minimum absolute atomic E-state index is 0.0724. The van der Waals surface area contributed by atoms with E-state index in [2.05, 4.69) is 41.6 Å². The molecular formula is C20H18Br2N4O2. The molecule has 0 aliphatic carbocycles. The number of nitrogens with zero attached hydrogens (tertiary/aromatic N) is 2. The van der Waals surface area contributed by atoms with E-state index in [-0.39, 0.29) is 17.1 Å². The first kappa shape index (κ1) is 21.7. The quantitative estimate of drug-likeness (QED) is 0.268. The summed E-state index contributed by atoms with van der Waals surface area (Å²) in [6, 6.07) is 14.3. The number of rotatable bonds is 6. The van der Waals surface area contributed by atoms with Crippen molar-refractivity contribution in [2.24, 2.45) is 16.5 Å². The Morgan fingerprint density at radius 3 is 2.39 bits per heavy atom. The second-order valence-electron chi connectivity index (χ2n) is 5.72. The van der Waals surface area contributed by atoms with Gasteiger partial charge < -0.3 is 16.2 Å². The number of esters is 1. The Morgan fingerprint density at radius 1 is 1.14 bits per heavy atom. The molecule has 0 fully saturated rings. The van der Waals surface area contributed by atoms with Crippen LogP contribution in [0.2, 0.25) is 0 Å². The van der Waals surface area contributed by atoms with Gasteiger partial charge in [0.05, 0.1) is 18.4 Å². The number of carbonyl (C=O) groups is 1. The van der Waals surface area contributed by atoms with Crippen LogP contribution in [0.1, 0.15) is 21.5 Å². The third kappa shape index (κ3) is 5.44. The fourth-order valence-electron chi connectivity index (χ4n) is 2.41. The zero-order valence-electron chi connectivity index (χ0n) is 15.1. The monoisotopic (exact) mass is 504 g/mol. The molecule has 0 bridgehead atoms. The molecule has 2 rings (SSSR count). The summed E-state index contributed by atoms with van der Waals surface area (Å²) in [6.45, 7) is 0.403. The van der Waals surface area contributed by atoms with Crippen LogP contribution in [0.3, 0.4) is 0 Å². The third-order valence-corrected chi connectivity index (χ3v) is 5.19. The normalized spacial score (nSPS) is 12.1. The molecule has 0 unspecified atom stereocenters. The smallest absolute Gasteiger partial charge is 0.337 e. The molecular weight excluding hydrogens is 488 g/mol. The van der Waals surface area contributed by atoms with E-state index in [1.54, 1.807) is 24.3 Å². The van der Waals surface area contributed by atoms with Gasteiger partial charge in [0.15, 0.2) is 0 Å². The largest absolute Gasteiger partial charge is 0.465 e. The third-order valence-electron chi connectivity index (χ3n) is 3.93. The Labute approximate surface area is 180 Å². The number of aliphatic imine (C=N–C) groups is 1. The van der Waals surface area contributed by atoms with Crippen LogP contribution in [0.25, 0.3) is 5.70 Å². The van der Waals surface area contributed by atoms with Gasteiger partial charge in [0.1, 0.15) is 17.5 Å². The van der Waals surface area contributed by atoms with E-state index in [0.29, 0.717) is 24.1 Å². The minimum atomic E-state index is -0.450. The fourth-order valence-corrected chi connectivity index (χ4v) is 3.27. The van der Waals surface area contributed by atoms with Gasteiger partial charge in [-0.05, 0) is 47.9 Å². The summed E-state index contributed by atoms with van der Waals surface area (Å²) in [5, 5.41) is 9.47. The lowest BCUT2D eigenvalue weighted by atomic mass is 10.0. The molecule has 0 aliphatic heterocycles. The molecule has 0 radical (unpaired) electrons. The van der Waals surface area contributed by atoms with Crippen LogP contribution in [0.4, 0.5) is 0 Å². The molecule has 2 aromatic carbocycles. The maximum Gasteiger partial charge on any atom is 0.337 e. The molecule has 8 heteroatoms. The zero-order chi connectivity index (χ0) is 20.7. The van der Waals surface area contributed by atoms with Crippen molar-refractivity contribution in [2.45, 2.75) is 6.42 Å². The molecule has 0 atom stereocenters. The van der Waals surface area contributed by atoms with Gasteiger partial charge in [0.25, 0.3) is 0 Å². The Kier molecular flexibility index (Phi) is 7.79. The molecule has 0 heterocycles. The first-order valence-electron chi connectivity index (χ1n) is 8.20. The fraction of sp³-hybridized carbons (Fsp3) is 0.150. The first-order valence-corrected chi connectivity index (χ1v) is 9.78. The van der Waals surface area contributed by atoms with Crippen LogP contribution in [-0.2, 0) is 11.2 Å². The van der Waals surface area contributed by atoms with Crippen LogP contribution in [0.15, 0.2) is 62.0 Å². The van der Waals surface area contributed by atoms with Crippen molar-refractivity contribution in [3.05, 3.63) is 73.7 Å². The highest BCUT2D eigenvalue weighted by Crippen LogP contribution is 2.22. The Bertz CT molecular complexity index is 977. The Morgan fingerprint density at radius 2 is 1.79 bits per heavy atom. The maximum atomic E-state index is 11.5. The highest BCUT2D eigenvalue weighted by molar-refractivity contribution is 9.11. The average molecular weight is 506 g/mol. The van der Waals surface area contributed by atoms with Crippen molar-refractivity contribution in [3.63, 3.8) is 0 Å². The predicted octanol–water partition coefficient (Wildman–Crippen LogP) is 3.79. The molecule has 144 valence electrons. The molecule has 6 nitrogen and oxygen atoms in total. The van der Waals surface area contributed by atoms with Crippen molar-refractivity contribution in [1.29, 1.82) is 5.26 Å². The van der Waals surface area contributed by atoms with E-state index >= 15 is 0 Å². The van der Waals surface area contributed by atoms with E-state index in [0.717, 1.165) is 14.5 Å². The van der Waals surface area contributed by atoms with Gasteiger partial charge in [-0.15, -0.1) is 0 Å². The molecule has 28 heavy (non-hydrogen) atoms. The second-order valence-corrected chi connectivity index (χ2v) is 7.49. The topological polar surface area (TPSA) is 114 Å². The number of ether oxygens (including phenoxy) is 1. The molecule has 2 aromatic rings. The van der Waals surface area contributed by atoms with Gasteiger partial charge in [-0.2, -0.15) is 5.26 Å². The van der Waals surface area contributed by atoms with Crippen LogP contribution in [0.5, 0.6) is 0 Å². The number of carbonyl (C=O) groups excluding carboxylic acids is 1. The van der Waals surface area contributed by atoms with Crippen molar-refractivity contribution >= 4 is 49.4 Å². The van der Waals surface area contributed by atoms with E-state index in [4.69, 9.17) is 11.5 Å². The Hall–Kier alpha value is -2.63. The number of hydrogen-bond acceptors (Lipinski definition) is 5. The summed E-state index contributed by atoms with van der Waals surface area (Å²) in [6.07, 6.45) is 0.646. The number of methoxy groups -OCH3 is 1. The van der Waals surface area contributed by atoms with Gasteiger partial charge in [-0.1, -0.05) is 44.0 Å². The number of nitriles is 1. The predicted molar refractivity (Wildman–Crippen MR) is 117 cm³/mol. The SMILES string of the molecule is COC(=O)c1ccc(C(N)=C(C#N)C(N)=NCCc2cc(Br)ccc2Br)cc1. The summed E-state index contributed by atoms with van der Waals surface area (Å²) in [4.78, 5) is 15.8. The lowest BCUT2D eigenvalue weighted by molar-refractivity contribution is 0.0600. The van der Waals surface area contributed by atoms with Gasteiger partial charge in [-0.25, -0.2) is 4.79 Å². The average Bonchev–Trinajstić information content (AvgIpc) is 2.70. The molecule has 0 aliphatic rings. The van der Waals surface area contributed by atoms with Gasteiger partial charge >= 0.3 is 5.97 Å². The number of nitrogens with two attached hydrogens (primary N) is 2. The van der Waals surface area contributed by atoms with Gasteiger partial charge in [0.2, 0.25) is 0 Å². The number of hydrogen-bond donors (Lipinski definition) is 2. The molecule has 0 saturated heterocycles. The zero-order valence-corrected chi connectivity index (χ0v) is 18.2. The van der Waals surface area contributed by atoms with Crippen molar-refractivity contribution in [1.82, 2.24) is 0 Å². The lowest BCUT2D eigenvalue weighted by Gasteiger charge is -2.08. The lowest BCUT2D eigenvalue weighted by Crippen LogP contribution is -2.19. The number of benzene rings is 2. The van der Waals surface area contributed by atoms with Gasteiger partial charge in [-0.3, -0.25) is 4.99 Å². The number of halogens is 2. The summed E-state index contributed by atoms with van der Waals surface area (Å²) in [5.74, 6) is -0.377. The van der Waals surface area contributed by atoms with Crippen molar-refractivity contribution in [3.8, 4) is 6.07 Å². The van der Waals surface area contributed by atoms with Crippen LogP contribution < -0.4 is 11.5 Å². The van der Waals surface area contributed by atoms with Crippen LogP contribution in [0, 0.1) is 11.3 Å². The van der Waals surface area contributed by atoms with E-state index in [1.165, 1.54) is 7.11 Å².